The summed E-state index contributed by atoms with van der Waals surface area (Å²) in [6.45, 7) is 2.26. The predicted octanol–water partition coefficient (Wildman–Crippen LogP) is 2.55. The second kappa shape index (κ2) is 8.58. The third-order valence-electron chi connectivity index (χ3n) is 2.47. The molecule has 2 rings (SSSR count). The average Bonchev–Trinajstić information content (AvgIpc) is 2.79. The Labute approximate surface area is 128 Å². The van der Waals surface area contributed by atoms with Crippen LogP contribution in [0.15, 0.2) is 6.33 Å². The zero-order chi connectivity index (χ0) is 13.4. The molecule has 7 heteroatoms. The normalized spacial score (nSPS) is 10.2. The fraction of sp³-hybridized carbons (Fsp3) is 0.545. The summed E-state index contributed by atoms with van der Waals surface area (Å²) in [6, 6.07) is 0. The molecule has 0 saturated carbocycles. The molecule has 0 atom stereocenters. The van der Waals surface area contributed by atoms with Crippen molar-refractivity contribution < 1.29 is 31.1 Å². The van der Waals surface area contributed by atoms with E-state index in [4.69, 9.17) is 18.0 Å². The molecule has 18 heavy (non-hydrogen) atoms. The van der Waals surface area contributed by atoms with Crippen molar-refractivity contribution in [2.45, 2.75) is 36.5 Å². The van der Waals surface area contributed by atoms with Crippen molar-refractivity contribution in [3.8, 4) is 0 Å². The zero-order valence-corrected chi connectivity index (χ0v) is 17.1. The summed E-state index contributed by atoms with van der Waals surface area (Å²) < 4.78 is 2.12. The number of aromatic amines is 3. The number of H-pyrrole nitrogens is 3. The molecule has 2 aromatic heterocycles. The van der Waals surface area contributed by atoms with Crippen LogP contribution in [0.5, 0.6) is 0 Å². The molecule has 0 saturated heterocycles. The second-order valence-electron chi connectivity index (χ2n) is 4.03. The second-order valence-corrected chi connectivity index (χ2v) is 7.19. The van der Waals surface area contributed by atoms with Gasteiger partial charge < -0.3 is 4.98 Å². The first-order valence-corrected chi connectivity index (χ1v) is 10.5. The van der Waals surface area contributed by atoms with Crippen LogP contribution in [0.25, 0.3) is 11.2 Å². The van der Waals surface area contributed by atoms with E-state index in [1.807, 2.05) is 0 Å². The van der Waals surface area contributed by atoms with Gasteiger partial charge in [-0.25, -0.2) is 15.0 Å². The Morgan fingerprint density at radius 2 is 2.22 bits per heavy atom. The summed E-state index contributed by atoms with van der Waals surface area (Å²) in [5, 5.41) is 0. The van der Waals surface area contributed by atoms with Crippen molar-refractivity contribution in [3.63, 3.8) is 0 Å². The number of hydrogen-bond acceptors (Lipinski definition) is 3. The zero-order valence-electron chi connectivity index (χ0n) is 10.8. The number of aromatic nitrogens is 4. The predicted molar refractivity (Wildman–Crippen MR) is 71.2 cm³/mol. The number of nitrogen functional groups attached to an aromatic ring is 1. The summed E-state index contributed by atoms with van der Waals surface area (Å²) in [6.07, 6.45) is 7.40. The number of rotatable bonds is 4. The summed E-state index contributed by atoms with van der Waals surface area (Å²) in [4.78, 5) is 12.4. The maximum Gasteiger partial charge on any atom is 0.353 e. The quantitative estimate of drug-likeness (QED) is 0.378. The Balaban J connectivity index is 0.000000203. The molecular formula is C11H19HgN5S+. The van der Waals surface area contributed by atoms with Crippen LogP contribution >= 0.6 is 12.2 Å². The summed E-state index contributed by atoms with van der Waals surface area (Å²) >= 11 is 6.04. The molecule has 0 spiro atoms. The average molecular weight is 454 g/mol. The largest absolute Gasteiger partial charge is 0.353 e. The maximum absolute atomic E-state index is 5.45. The number of nitrogens with one attached hydrogen (secondary N) is 3. The Hall–Kier alpha value is -0.495. The van der Waals surface area contributed by atoms with E-state index < -0.39 is 0 Å². The first-order valence-electron chi connectivity index (χ1n) is 6.22. The van der Waals surface area contributed by atoms with E-state index in [0.29, 0.717) is 16.2 Å². The number of hydrogen-bond donors (Lipinski definition) is 3. The van der Waals surface area contributed by atoms with E-state index in [-0.39, 0.29) is 0 Å². The summed E-state index contributed by atoms with van der Waals surface area (Å²) in [5.41, 5.74) is 6.90. The Bertz CT molecular complexity index is 517. The Morgan fingerprint density at radius 3 is 2.89 bits per heavy atom. The van der Waals surface area contributed by atoms with E-state index in [9.17, 15) is 0 Å². The third kappa shape index (κ3) is 5.01. The van der Waals surface area contributed by atoms with Crippen molar-refractivity contribution in [1.29, 1.82) is 0 Å². The molecule has 95 valence electrons. The van der Waals surface area contributed by atoms with Gasteiger partial charge in [0.05, 0.1) is 6.33 Å². The van der Waals surface area contributed by atoms with Crippen molar-refractivity contribution in [2.75, 3.05) is 5.73 Å². The van der Waals surface area contributed by atoms with E-state index in [2.05, 4.69) is 26.9 Å². The molecule has 0 unspecified atom stereocenters. The minimum atomic E-state index is 0.412. The van der Waals surface area contributed by atoms with Crippen LogP contribution in [0, 0.1) is 4.64 Å². The van der Waals surface area contributed by atoms with E-state index in [1.54, 1.807) is 10.3 Å². The van der Waals surface area contributed by atoms with Gasteiger partial charge in [0.25, 0.3) is 0 Å². The van der Waals surface area contributed by atoms with Crippen LogP contribution in [0.1, 0.15) is 32.6 Å². The van der Waals surface area contributed by atoms with Crippen LogP contribution in [0.4, 0.5) is 5.95 Å². The molecule has 0 aliphatic heterocycles. The van der Waals surface area contributed by atoms with Gasteiger partial charge >= 0.3 is 68.6 Å². The minimum absolute atomic E-state index is 0.412. The number of anilines is 1. The van der Waals surface area contributed by atoms with Gasteiger partial charge in [-0.3, -0.25) is 5.73 Å². The summed E-state index contributed by atoms with van der Waals surface area (Å²) in [7, 11) is 0. The van der Waals surface area contributed by atoms with Crippen LogP contribution in [0.2, 0.25) is 3.93 Å². The fourth-order valence-corrected chi connectivity index (χ4v) is 3.15. The van der Waals surface area contributed by atoms with Crippen LogP contribution < -0.4 is 10.7 Å². The summed E-state index contributed by atoms with van der Waals surface area (Å²) in [5.74, 6) is 0.412. The smallest absolute Gasteiger partial charge is 0.338 e. The molecule has 5 nitrogen and oxygen atoms in total. The topological polar surface area (TPSA) is 84.6 Å². The van der Waals surface area contributed by atoms with Crippen molar-refractivity contribution in [1.82, 2.24) is 15.0 Å². The van der Waals surface area contributed by atoms with Crippen molar-refractivity contribution >= 4 is 29.3 Å². The molecule has 0 aromatic carbocycles. The Kier molecular flexibility index (Phi) is 7.42. The molecule has 0 aliphatic carbocycles. The molecule has 0 fully saturated rings. The van der Waals surface area contributed by atoms with Gasteiger partial charge in [0.1, 0.15) is 5.52 Å². The van der Waals surface area contributed by atoms with E-state index in [0.717, 1.165) is 31.6 Å². The molecular weight excluding hydrogens is 435 g/mol. The maximum atomic E-state index is 5.45. The molecule has 2 aromatic rings. The van der Waals surface area contributed by atoms with Crippen LogP contribution in [-0.4, -0.2) is 15.0 Å². The number of imidazole rings is 1. The Morgan fingerprint density at radius 1 is 1.44 bits per heavy atom. The van der Waals surface area contributed by atoms with Gasteiger partial charge in [-0.15, -0.1) is 0 Å². The minimum Gasteiger partial charge on any atom is -0.338 e. The third-order valence-corrected chi connectivity index (χ3v) is 4.72. The SMILES string of the molecule is CCCCC[CH2][Hg].Nc1[nH]c2nc[nH]c2c(=S)[nH+]1. The van der Waals surface area contributed by atoms with E-state index in [1.165, 1.54) is 25.7 Å². The van der Waals surface area contributed by atoms with Gasteiger partial charge in [0.15, 0.2) is 4.64 Å². The van der Waals surface area contributed by atoms with Gasteiger partial charge in [0.2, 0.25) is 5.65 Å². The standard InChI is InChI=1S/C6H13.C5H5N5S.Hg/c1-3-5-6-4-2;6-5-9-3-2(4(11)10-5)7-1-8-3;/h1,3-6H2,2H3;1H,(H4,6,7,8,9,10,11);/p+1. The first-order chi connectivity index (χ1) is 8.69. The number of nitrogens with two attached hydrogens (primary N) is 1. The molecule has 0 amide bonds. The molecule has 0 aliphatic rings. The fourth-order valence-electron chi connectivity index (χ4n) is 1.51. The number of nitrogens with zero attached hydrogens (tertiary/aromatic N) is 1. The van der Waals surface area contributed by atoms with Gasteiger partial charge in [-0.05, 0) is 12.2 Å². The van der Waals surface area contributed by atoms with Crippen molar-refractivity contribution in [2.24, 2.45) is 0 Å². The van der Waals surface area contributed by atoms with Gasteiger partial charge in [0, 0.05) is 0 Å². The molecule has 5 N–H and O–H groups in total. The van der Waals surface area contributed by atoms with Crippen LogP contribution in [-0.2, 0) is 26.1 Å². The molecule has 0 bridgehead atoms. The first kappa shape index (κ1) is 15.6. The number of fused-ring (bicyclic) bond motifs is 1. The van der Waals surface area contributed by atoms with Gasteiger partial charge in [-0.1, -0.05) is 0 Å². The van der Waals surface area contributed by atoms with E-state index >= 15 is 0 Å². The number of unbranched alkanes of at least 4 members (excludes halogenated alkanes) is 3. The monoisotopic (exact) mass is 455 g/mol. The van der Waals surface area contributed by atoms with Crippen LogP contribution in [0.3, 0.4) is 0 Å². The molecule has 2 heterocycles. The molecule has 0 radical (unpaired) electrons. The van der Waals surface area contributed by atoms with Gasteiger partial charge in [-0.2, -0.15) is 0 Å². The van der Waals surface area contributed by atoms with Crippen molar-refractivity contribution in [3.05, 3.63) is 11.0 Å².